The van der Waals surface area contributed by atoms with Gasteiger partial charge in [0.15, 0.2) is 17.5 Å². The van der Waals surface area contributed by atoms with Gasteiger partial charge in [0.2, 0.25) is 0 Å². The van der Waals surface area contributed by atoms with Crippen LogP contribution in [0, 0.1) is 0 Å². The third-order valence-electron chi connectivity index (χ3n) is 14.8. The highest BCUT2D eigenvalue weighted by Crippen LogP contribution is 2.49. The van der Waals surface area contributed by atoms with Crippen LogP contribution in [0.1, 0.15) is 25.0 Å². The lowest BCUT2D eigenvalue weighted by Gasteiger charge is -2.21. The van der Waals surface area contributed by atoms with E-state index in [1.54, 1.807) is 0 Å². The Balaban J connectivity index is 0.982. The molecule has 0 saturated heterocycles. The lowest BCUT2D eigenvalue weighted by molar-refractivity contribution is 0.660. The van der Waals surface area contributed by atoms with E-state index in [0.717, 1.165) is 61.1 Å². The molecule has 3 aromatic heterocycles. The fraction of sp³-hybridized carbons (Fsp3) is 0.0455. The van der Waals surface area contributed by atoms with E-state index < -0.39 is 0 Å². The number of para-hydroxylation sites is 3. The highest BCUT2D eigenvalue weighted by molar-refractivity contribution is 6.15. The van der Waals surface area contributed by atoms with Crippen LogP contribution in [0.25, 0.3) is 123 Å². The van der Waals surface area contributed by atoms with Crippen LogP contribution in [-0.2, 0) is 5.41 Å². The molecule has 0 saturated carbocycles. The quantitative estimate of drug-likeness (QED) is 0.160. The number of hydrogen-bond donors (Lipinski definition) is 0. The van der Waals surface area contributed by atoms with E-state index in [4.69, 9.17) is 15.0 Å². The lowest BCUT2D eigenvalue weighted by Crippen LogP contribution is -2.15. The van der Waals surface area contributed by atoms with Gasteiger partial charge in [0.1, 0.15) is 0 Å². The van der Waals surface area contributed by atoms with Crippen molar-refractivity contribution in [1.82, 2.24) is 24.1 Å². The maximum Gasteiger partial charge on any atom is 0.164 e. The molecule has 1 aliphatic carbocycles. The molecular weight excluding hydrogens is 863 g/mol. The zero-order valence-electron chi connectivity index (χ0n) is 39.3. The summed E-state index contributed by atoms with van der Waals surface area (Å²) in [4.78, 5) is 16.0. The van der Waals surface area contributed by atoms with E-state index in [1.807, 2.05) is 6.07 Å². The van der Waals surface area contributed by atoms with Crippen molar-refractivity contribution in [2.45, 2.75) is 19.3 Å². The number of benzene rings is 10. The molecule has 5 nitrogen and oxygen atoms in total. The van der Waals surface area contributed by atoms with Gasteiger partial charge in [-0.15, -0.1) is 0 Å². The van der Waals surface area contributed by atoms with Crippen molar-refractivity contribution in [2.75, 3.05) is 0 Å². The Morgan fingerprint density at radius 1 is 0.310 bits per heavy atom. The Labute approximate surface area is 411 Å². The Hall–Kier alpha value is -9.19. The van der Waals surface area contributed by atoms with Gasteiger partial charge in [-0.1, -0.05) is 208 Å². The predicted octanol–water partition coefficient (Wildman–Crippen LogP) is 16.7. The summed E-state index contributed by atoms with van der Waals surface area (Å²) in [5.74, 6) is 1.88. The number of fused-ring (bicyclic) bond motifs is 9. The van der Waals surface area contributed by atoms with Crippen molar-refractivity contribution in [3.8, 4) is 78.9 Å². The molecule has 0 unspecified atom stereocenters. The Kier molecular flexibility index (Phi) is 9.17. The van der Waals surface area contributed by atoms with Crippen molar-refractivity contribution in [1.29, 1.82) is 0 Å². The van der Waals surface area contributed by atoms with Gasteiger partial charge in [-0.2, -0.15) is 0 Å². The molecule has 3 heterocycles. The summed E-state index contributed by atoms with van der Waals surface area (Å²) in [6.45, 7) is 4.63. The maximum atomic E-state index is 5.38. The molecule has 0 bridgehead atoms. The molecule has 0 radical (unpaired) electrons. The van der Waals surface area contributed by atoms with E-state index in [9.17, 15) is 0 Å². The third kappa shape index (κ3) is 6.51. The predicted molar refractivity (Wildman–Crippen MR) is 293 cm³/mol. The van der Waals surface area contributed by atoms with Crippen LogP contribution in [0.4, 0.5) is 0 Å². The molecule has 0 atom stereocenters. The highest BCUT2D eigenvalue weighted by atomic mass is 15.1. The van der Waals surface area contributed by atoms with Crippen molar-refractivity contribution in [3.63, 3.8) is 0 Å². The summed E-state index contributed by atoms with van der Waals surface area (Å²) in [7, 11) is 0. The number of rotatable bonds is 7. The minimum Gasteiger partial charge on any atom is -0.307 e. The number of nitrogens with zero attached hydrogens (tertiary/aromatic N) is 5. The first kappa shape index (κ1) is 40.8. The molecule has 0 fully saturated rings. The van der Waals surface area contributed by atoms with Gasteiger partial charge >= 0.3 is 0 Å². The van der Waals surface area contributed by atoms with E-state index >= 15 is 0 Å². The average molecular weight is 908 g/mol. The molecule has 0 N–H and O–H groups in total. The fourth-order valence-corrected chi connectivity index (χ4v) is 11.3. The van der Waals surface area contributed by atoms with Crippen LogP contribution >= 0.6 is 0 Å². The van der Waals surface area contributed by atoms with Gasteiger partial charge in [-0.25, -0.2) is 15.0 Å². The third-order valence-corrected chi connectivity index (χ3v) is 14.8. The minimum atomic E-state index is -0.175. The number of hydrogen-bond acceptors (Lipinski definition) is 3. The largest absolute Gasteiger partial charge is 0.307 e. The highest BCUT2D eigenvalue weighted by Gasteiger charge is 2.35. The zero-order chi connectivity index (χ0) is 47.2. The molecule has 14 rings (SSSR count). The van der Waals surface area contributed by atoms with E-state index in [1.165, 1.54) is 55.1 Å². The summed E-state index contributed by atoms with van der Waals surface area (Å²) in [6.07, 6.45) is 0. The average Bonchev–Trinajstić information content (AvgIpc) is 4.04. The van der Waals surface area contributed by atoms with Crippen molar-refractivity contribution in [2.24, 2.45) is 0 Å². The van der Waals surface area contributed by atoms with Crippen molar-refractivity contribution in [3.05, 3.63) is 248 Å². The fourth-order valence-electron chi connectivity index (χ4n) is 11.3. The smallest absolute Gasteiger partial charge is 0.164 e. The molecule has 0 amide bonds. The normalized spacial score (nSPS) is 12.8. The summed E-state index contributed by atoms with van der Waals surface area (Å²) >= 11 is 0. The van der Waals surface area contributed by atoms with Gasteiger partial charge in [-0.3, -0.25) is 0 Å². The molecule has 334 valence electrons. The molecule has 71 heavy (non-hydrogen) atoms. The summed E-state index contributed by atoms with van der Waals surface area (Å²) in [5, 5.41) is 4.73. The van der Waals surface area contributed by atoms with Crippen molar-refractivity contribution >= 4 is 43.6 Å². The topological polar surface area (TPSA) is 48.5 Å². The molecule has 1 aliphatic rings. The van der Waals surface area contributed by atoms with Crippen LogP contribution in [0.3, 0.4) is 0 Å². The first-order valence-corrected chi connectivity index (χ1v) is 24.3. The summed E-state index contributed by atoms with van der Waals surface area (Å²) in [6, 6.07) is 85.0. The second-order valence-corrected chi connectivity index (χ2v) is 19.2. The molecule has 0 spiro atoms. The molecule has 13 aromatic rings. The van der Waals surface area contributed by atoms with Gasteiger partial charge in [0.25, 0.3) is 0 Å². The summed E-state index contributed by atoms with van der Waals surface area (Å²) in [5.41, 5.74) is 19.1. The molecule has 10 aromatic carbocycles. The Morgan fingerprint density at radius 2 is 0.803 bits per heavy atom. The van der Waals surface area contributed by atoms with Crippen LogP contribution < -0.4 is 0 Å². The minimum absolute atomic E-state index is 0.175. The van der Waals surface area contributed by atoms with Crippen LogP contribution in [0.15, 0.2) is 237 Å². The standard InChI is InChI=1S/C66H45N5/c1-66(2)56-27-12-9-23-50(56)51-37-35-47(40-57(51)66)64-67-63(45-33-31-44(32-34-45)42-17-5-3-6-18-42)68-65(69-64)48-36-38-54-52-24-10-14-29-59(52)71(61(54)41-48)60-30-16-26-55-53-25-11-13-28-58(53)70(62(55)60)49-22-15-21-46(39-49)43-19-7-4-8-20-43/h3-41H,1-2H3. The van der Waals surface area contributed by atoms with Crippen LogP contribution in [-0.4, -0.2) is 24.1 Å². The number of aromatic nitrogens is 5. The van der Waals surface area contributed by atoms with E-state index in [0.29, 0.717) is 17.5 Å². The Morgan fingerprint density at radius 3 is 1.55 bits per heavy atom. The first-order chi connectivity index (χ1) is 35.0. The second kappa shape index (κ2) is 15.9. The van der Waals surface area contributed by atoms with Crippen LogP contribution in [0.2, 0.25) is 0 Å². The molecule has 0 aliphatic heterocycles. The van der Waals surface area contributed by atoms with Gasteiger partial charge < -0.3 is 9.13 Å². The lowest BCUT2D eigenvalue weighted by atomic mass is 9.82. The van der Waals surface area contributed by atoms with Gasteiger partial charge in [0, 0.05) is 49.3 Å². The van der Waals surface area contributed by atoms with Gasteiger partial charge in [0.05, 0.1) is 27.8 Å². The molecule has 5 heteroatoms. The second-order valence-electron chi connectivity index (χ2n) is 19.2. The van der Waals surface area contributed by atoms with E-state index in [-0.39, 0.29) is 5.41 Å². The van der Waals surface area contributed by atoms with E-state index in [2.05, 4.69) is 254 Å². The van der Waals surface area contributed by atoms with Gasteiger partial charge in [-0.05, 0) is 87.0 Å². The van der Waals surface area contributed by atoms with Crippen molar-refractivity contribution < 1.29 is 0 Å². The first-order valence-electron chi connectivity index (χ1n) is 24.3. The molecular formula is C66H45N5. The van der Waals surface area contributed by atoms with Crippen LogP contribution in [0.5, 0.6) is 0 Å². The SMILES string of the molecule is CC1(C)c2ccccc2-c2ccc(-c3nc(-c4ccc(-c5ccccc5)cc4)nc(-c4ccc5c6ccccc6n(-c6cccc7c8ccccc8n(-c8cccc(-c9ccccc9)c8)c67)c5c4)n3)cc21. The maximum absolute atomic E-state index is 5.38. The Bertz CT molecular complexity index is 4240. The monoisotopic (exact) mass is 907 g/mol. The zero-order valence-corrected chi connectivity index (χ0v) is 39.3. The summed E-state index contributed by atoms with van der Waals surface area (Å²) < 4.78 is 4.89.